The van der Waals surface area contributed by atoms with Gasteiger partial charge in [-0.2, -0.15) is 9.83 Å². The summed E-state index contributed by atoms with van der Waals surface area (Å²) < 4.78 is 13.6. The molecule has 0 bridgehead atoms. The number of anilines is 1. The molecule has 0 saturated heterocycles. The van der Waals surface area contributed by atoms with E-state index in [0.717, 1.165) is 46.7 Å². The topological polar surface area (TPSA) is 74.3 Å². The van der Waals surface area contributed by atoms with Gasteiger partial charge in [-0.15, -0.1) is 0 Å². The van der Waals surface area contributed by atoms with E-state index in [-0.39, 0.29) is 24.0 Å². The number of fused-ring (bicyclic) bond motifs is 2. The Morgan fingerprint density at radius 1 is 0.973 bits per heavy atom. The number of halogens is 1. The molecule has 5 rings (SSSR count). The molecule has 0 unspecified atom stereocenters. The van der Waals surface area contributed by atoms with Crippen LogP contribution >= 0.6 is 0 Å². The Balaban J connectivity index is 0.00000320. The Hall–Kier alpha value is -3.90. The summed E-state index contributed by atoms with van der Waals surface area (Å²) in [5.41, 5.74) is 5.19. The second-order valence-electron chi connectivity index (χ2n) is 8.56. The molecule has 2 aromatic heterocycles. The van der Waals surface area contributed by atoms with E-state index in [1.54, 1.807) is 12.1 Å². The van der Waals surface area contributed by atoms with Crippen molar-refractivity contribution in [3.8, 4) is 17.5 Å². The van der Waals surface area contributed by atoms with E-state index >= 15 is 0 Å². The van der Waals surface area contributed by atoms with E-state index < -0.39 is 5.63 Å². The third-order valence-corrected chi connectivity index (χ3v) is 6.48. The number of aryl methyl sites for hydroxylation is 1. The molecule has 0 N–H and O–H groups in total. The van der Waals surface area contributed by atoms with Gasteiger partial charge in [0.25, 0.3) is 5.52 Å². The van der Waals surface area contributed by atoms with Crippen LogP contribution in [0.5, 0.6) is 0 Å². The summed E-state index contributed by atoms with van der Waals surface area (Å²) >= 11 is 0. The van der Waals surface area contributed by atoms with Crippen LogP contribution in [-0.4, -0.2) is 13.1 Å². The van der Waals surface area contributed by atoms with Crippen molar-refractivity contribution in [2.45, 2.75) is 13.8 Å². The van der Waals surface area contributed by atoms with Gasteiger partial charge in [-0.3, -0.25) is 0 Å². The second kappa shape index (κ2) is 11.0. The van der Waals surface area contributed by atoms with Crippen LogP contribution in [0.1, 0.15) is 25.0 Å². The van der Waals surface area contributed by atoms with E-state index in [1.165, 1.54) is 0 Å². The molecule has 186 valence electrons. The maximum absolute atomic E-state index is 12.7. The van der Waals surface area contributed by atoms with Crippen molar-refractivity contribution in [3.63, 3.8) is 0 Å². The zero-order valence-corrected chi connectivity index (χ0v) is 23.0. The van der Waals surface area contributed by atoms with Gasteiger partial charge in [0.05, 0.1) is 22.8 Å². The van der Waals surface area contributed by atoms with E-state index in [9.17, 15) is 10.1 Å². The Morgan fingerprint density at radius 2 is 1.70 bits per heavy atom. The van der Waals surface area contributed by atoms with Crippen molar-refractivity contribution in [1.29, 1.82) is 5.26 Å². The molecule has 6 nitrogen and oxygen atoms in total. The summed E-state index contributed by atoms with van der Waals surface area (Å²) in [5.74, 6) is 0.726. The van der Waals surface area contributed by atoms with Gasteiger partial charge < -0.3 is 37.7 Å². The van der Waals surface area contributed by atoms with Crippen molar-refractivity contribution < 1.29 is 37.4 Å². The van der Waals surface area contributed by atoms with Gasteiger partial charge in [-0.1, -0.05) is 24.3 Å². The zero-order chi connectivity index (χ0) is 25.2. The first-order chi connectivity index (χ1) is 17.5. The van der Waals surface area contributed by atoms with Crippen LogP contribution in [0, 0.1) is 11.3 Å². The van der Waals surface area contributed by atoms with Gasteiger partial charge >= 0.3 is 11.5 Å². The van der Waals surface area contributed by atoms with Gasteiger partial charge in [0.1, 0.15) is 12.6 Å². The Bertz CT molecular complexity index is 1710. The number of nitrogens with zero attached hydrogens (tertiary/aromatic N) is 3. The van der Waals surface area contributed by atoms with E-state index in [1.807, 2.05) is 78.3 Å². The number of benzene rings is 3. The SMILES string of the molecule is CCN(CC)c1ccc2cc(/C=C(\C#N)c3ccc(-c4oc5ccccc5[n+]4C)cc3)c(=O)oc2c1.[I-]. The van der Waals surface area contributed by atoms with Crippen molar-refractivity contribution >= 4 is 39.4 Å². The van der Waals surface area contributed by atoms with Gasteiger partial charge in [-0.25, -0.2) is 4.79 Å². The third kappa shape index (κ3) is 5.02. The number of aromatic nitrogens is 1. The molecule has 0 aliphatic rings. The Labute approximate surface area is 232 Å². The number of oxazole rings is 1. The van der Waals surface area contributed by atoms with Crippen LogP contribution in [0.15, 0.2) is 86.4 Å². The zero-order valence-electron chi connectivity index (χ0n) is 20.9. The maximum atomic E-state index is 12.7. The second-order valence-corrected chi connectivity index (χ2v) is 8.56. The van der Waals surface area contributed by atoms with E-state index in [0.29, 0.717) is 22.3 Å². The molecule has 0 aliphatic carbocycles. The Morgan fingerprint density at radius 3 is 2.38 bits per heavy atom. The van der Waals surface area contributed by atoms with Crippen LogP contribution < -0.4 is 39.1 Å². The fourth-order valence-electron chi connectivity index (χ4n) is 4.49. The average Bonchev–Trinajstić information content (AvgIpc) is 3.24. The summed E-state index contributed by atoms with van der Waals surface area (Å²) in [6.45, 7) is 5.91. The fraction of sp³-hybridized carbons (Fsp3) is 0.167. The highest BCUT2D eigenvalue weighted by molar-refractivity contribution is 5.91. The van der Waals surface area contributed by atoms with Crippen LogP contribution in [0.2, 0.25) is 0 Å². The minimum absolute atomic E-state index is 0. The van der Waals surface area contributed by atoms with Gasteiger partial charge in [0.15, 0.2) is 0 Å². The van der Waals surface area contributed by atoms with E-state index in [2.05, 4.69) is 24.8 Å². The largest absolute Gasteiger partial charge is 1.00 e. The van der Waals surface area contributed by atoms with Crippen molar-refractivity contribution in [2.75, 3.05) is 18.0 Å². The quantitative estimate of drug-likeness (QED) is 0.129. The lowest BCUT2D eigenvalue weighted by Gasteiger charge is -2.20. The maximum Gasteiger partial charge on any atom is 0.381 e. The molecule has 0 spiro atoms. The van der Waals surface area contributed by atoms with Gasteiger partial charge in [-0.05, 0) is 61.9 Å². The molecule has 0 aliphatic heterocycles. The normalized spacial score (nSPS) is 11.4. The monoisotopic (exact) mass is 603 g/mol. The predicted molar refractivity (Wildman–Crippen MR) is 142 cm³/mol. The first-order valence-corrected chi connectivity index (χ1v) is 12.0. The van der Waals surface area contributed by atoms with Crippen LogP contribution in [-0.2, 0) is 7.05 Å². The molecule has 7 heteroatoms. The summed E-state index contributed by atoms with van der Waals surface area (Å²) in [4.78, 5) is 14.9. The number of hydrogen-bond donors (Lipinski definition) is 0. The fourth-order valence-corrected chi connectivity index (χ4v) is 4.49. The number of rotatable bonds is 6. The van der Waals surface area contributed by atoms with Gasteiger partial charge in [0.2, 0.25) is 5.58 Å². The number of allylic oxidation sites excluding steroid dienone is 1. The number of para-hydroxylation sites is 2. The molecule has 0 saturated carbocycles. The molecule has 5 aromatic rings. The summed E-state index contributed by atoms with van der Waals surface area (Å²) in [5, 5.41) is 10.7. The molecule has 0 fully saturated rings. The first kappa shape index (κ1) is 26.2. The van der Waals surface area contributed by atoms with Crippen molar-refractivity contribution in [3.05, 3.63) is 94.3 Å². The number of hydrogen-bond acceptors (Lipinski definition) is 5. The highest BCUT2D eigenvalue weighted by atomic mass is 127. The lowest BCUT2D eigenvalue weighted by molar-refractivity contribution is -0.637. The molecule has 0 amide bonds. The minimum atomic E-state index is -0.474. The number of nitriles is 1. The first-order valence-electron chi connectivity index (χ1n) is 12.0. The van der Waals surface area contributed by atoms with Crippen LogP contribution in [0.3, 0.4) is 0 Å². The standard InChI is InChI=1S/C30H26N3O3.HI/c1-4-33(5-2)25-15-14-22-16-23(30(34)36-28(22)18-25)17-24(19-31)20-10-12-21(13-11-20)29-32(3)26-8-6-7-9-27(26)35-29;/h6-18H,4-5H2,1-3H3;1H/q+1;/p-1. The molecule has 3 aromatic carbocycles. The minimum Gasteiger partial charge on any atom is -1.00 e. The van der Waals surface area contributed by atoms with Crippen molar-refractivity contribution in [1.82, 2.24) is 0 Å². The lowest BCUT2D eigenvalue weighted by atomic mass is 10.0. The predicted octanol–water partition coefficient (Wildman–Crippen LogP) is 2.95. The van der Waals surface area contributed by atoms with Gasteiger partial charge in [0, 0.05) is 36.3 Å². The van der Waals surface area contributed by atoms with E-state index in [4.69, 9.17) is 8.83 Å². The highest BCUT2D eigenvalue weighted by Crippen LogP contribution is 2.26. The molecule has 0 atom stereocenters. The van der Waals surface area contributed by atoms with Crippen LogP contribution in [0.4, 0.5) is 5.69 Å². The smallest absolute Gasteiger partial charge is 0.381 e. The summed E-state index contributed by atoms with van der Waals surface area (Å²) in [7, 11) is 1.96. The summed E-state index contributed by atoms with van der Waals surface area (Å²) in [6.07, 6.45) is 1.58. The molecule has 37 heavy (non-hydrogen) atoms. The highest BCUT2D eigenvalue weighted by Gasteiger charge is 2.20. The summed E-state index contributed by atoms with van der Waals surface area (Å²) in [6, 6.07) is 25.2. The third-order valence-electron chi connectivity index (χ3n) is 6.48. The van der Waals surface area contributed by atoms with Crippen molar-refractivity contribution in [2.24, 2.45) is 7.05 Å². The Kier molecular flexibility index (Phi) is 7.79. The molecule has 0 radical (unpaired) electrons. The lowest BCUT2D eigenvalue weighted by Crippen LogP contribution is -3.00. The average molecular weight is 603 g/mol. The van der Waals surface area contributed by atoms with Crippen LogP contribution in [0.25, 0.3) is 45.2 Å². The molecular formula is C30H26IN3O3. The molecular weight excluding hydrogens is 577 g/mol. The molecule has 2 heterocycles.